The van der Waals surface area contributed by atoms with Crippen LogP contribution in [0.15, 0.2) is 30.6 Å². The number of piperidine rings is 1. The quantitative estimate of drug-likeness (QED) is 0.507. The number of benzene rings is 1. The van der Waals surface area contributed by atoms with Gasteiger partial charge in [0.1, 0.15) is 11.6 Å². The van der Waals surface area contributed by atoms with Crippen molar-refractivity contribution >= 4 is 23.5 Å². The van der Waals surface area contributed by atoms with Gasteiger partial charge in [-0.25, -0.2) is 14.4 Å². The second-order valence-electron chi connectivity index (χ2n) is 9.63. The summed E-state index contributed by atoms with van der Waals surface area (Å²) < 4.78 is 20.3. The fourth-order valence-electron chi connectivity index (χ4n) is 4.87. The van der Waals surface area contributed by atoms with Gasteiger partial charge in [-0.1, -0.05) is 24.6 Å². The Morgan fingerprint density at radius 2 is 2.03 bits per heavy atom. The minimum Gasteiger partial charge on any atom is -0.493 e. The lowest BCUT2D eigenvalue weighted by atomic mass is 9.90. The van der Waals surface area contributed by atoms with Crippen molar-refractivity contribution in [2.24, 2.45) is 17.8 Å². The molecule has 1 unspecified atom stereocenters. The molecule has 1 aromatic carbocycles. The van der Waals surface area contributed by atoms with E-state index < -0.39 is 5.82 Å². The van der Waals surface area contributed by atoms with Crippen LogP contribution in [-0.4, -0.2) is 41.6 Å². The van der Waals surface area contributed by atoms with Gasteiger partial charge in [0.15, 0.2) is 0 Å². The Hall–Kier alpha value is -2.41. The number of hydrogen-bond acceptors (Lipinski definition) is 5. The molecular weight excluding hydrogens is 455 g/mol. The molecule has 0 bridgehead atoms. The van der Waals surface area contributed by atoms with Crippen LogP contribution in [-0.2, 0) is 11.2 Å². The molecule has 6 nitrogen and oxygen atoms in total. The van der Waals surface area contributed by atoms with E-state index in [0.29, 0.717) is 28.9 Å². The third kappa shape index (κ3) is 6.59. The van der Waals surface area contributed by atoms with Crippen LogP contribution in [0.25, 0.3) is 0 Å². The monoisotopic (exact) mass is 488 g/mol. The van der Waals surface area contributed by atoms with Crippen molar-refractivity contribution in [3.05, 3.63) is 47.0 Å². The maximum atomic E-state index is 14.4. The van der Waals surface area contributed by atoms with Crippen molar-refractivity contribution in [2.45, 2.75) is 58.4 Å². The van der Waals surface area contributed by atoms with Gasteiger partial charge in [-0.15, -0.1) is 0 Å². The summed E-state index contributed by atoms with van der Waals surface area (Å²) in [6, 6.07) is 4.90. The summed E-state index contributed by atoms with van der Waals surface area (Å²) in [4.78, 5) is 22.9. The molecule has 2 fully saturated rings. The standard InChI is InChI=1S/C26H34ClFN4O2/c1-3-17(2)31-25(33)13-20-4-5-22(14-24(20)28)34-11-8-19-12-23(19)18-6-9-32(10-7-18)26-29-15-21(27)16-30-26/h4-5,14-19,23H,3,6-13H2,1-2H3,(H,31,33)/t17?,19-,23-/m1/s1. The number of halogens is 2. The zero-order chi connectivity index (χ0) is 24.1. The van der Waals surface area contributed by atoms with Crippen molar-refractivity contribution in [1.82, 2.24) is 15.3 Å². The Morgan fingerprint density at radius 3 is 2.71 bits per heavy atom. The van der Waals surface area contributed by atoms with Crippen LogP contribution in [0.1, 0.15) is 51.5 Å². The van der Waals surface area contributed by atoms with Gasteiger partial charge in [-0.05, 0) is 68.4 Å². The Morgan fingerprint density at radius 1 is 1.29 bits per heavy atom. The number of aromatic nitrogens is 2. The number of amides is 1. The van der Waals surface area contributed by atoms with Crippen molar-refractivity contribution in [2.75, 3.05) is 24.6 Å². The Labute approximate surface area is 206 Å². The Bertz CT molecular complexity index is 966. The average molecular weight is 489 g/mol. The number of nitrogens with one attached hydrogen (secondary N) is 1. The number of carbonyl (C=O) groups is 1. The first-order valence-corrected chi connectivity index (χ1v) is 12.7. The fraction of sp³-hybridized carbons (Fsp3) is 0.577. The average Bonchev–Trinajstić information content (AvgIpc) is 3.61. The van der Waals surface area contributed by atoms with Crippen LogP contribution in [0.4, 0.5) is 10.3 Å². The Kier molecular flexibility index (Phi) is 8.24. The highest BCUT2D eigenvalue weighted by molar-refractivity contribution is 6.30. The van der Waals surface area contributed by atoms with E-state index in [9.17, 15) is 9.18 Å². The van der Waals surface area contributed by atoms with E-state index >= 15 is 0 Å². The number of anilines is 1. The summed E-state index contributed by atoms with van der Waals surface area (Å²) >= 11 is 5.89. The van der Waals surface area contributed by atoms with Gasteiger partial charge in [-0.2, -0.15) is 0 Å². The largest absolute Gasteiger partial charge is 0.493 e. The summed E-state index contributed by atoms with van der Waals surface area (Å²) in [5.74, 6) is 2.93. The summed E-state index contributed by atoms with van der Waals surface area (Å²) in [6.45, 7) is 6.49. The summed E-state index contributed by atoms with van der Waals surface area (Å²) in [5.41, 5.74) is 0.394. The first-order valence-electron chi connectivity index (χ1n) is 12.4. The smallest absolute Gasteiger partial charge is 0.225 e. The van der Waals surface area contributed by atoms with Gasteiger partial charge in [0, 0.05) is 25.2 Å². The zero-order valence-corrected chi connectivity index (χ0v) is 20.7. The van der Waals surface area contributed by atoms with Crippen LogP contribution >= 0.6 is 11.6 Å². The molecule has 0 spiro atoms. The lowest BCUT2D eigenvalue weighted by molar-refractivity contribution is -0.121. The predicted octanol–water partition coefficient (Wildman–Crippen LogP) is 5.05. The maximum Gasteiger partial charge on any atom is 0.225 e. The molecule has 2 heterocycles. The third-order valence-electron chi connectivity index (χ3n) is 7.16. The number of nitrogens with zero attached hydrogens (tertiary/aromatic N) is 3. The van der Waals surface area contributed by atoms with Crippen LogP contribution in [0.2, 0.25) is 5.02 Å². The van der Waals surface area contributed by atoms with Gasteiger partial charge in [0.2, 0.25) is 11.9 Å². The van der Waals surface area contributed by atoms with Crippen LogP contribution < -0.4 is 15.0 Å². The minimum absolute atomic E-state index is 0.0448. The van der Waals surface area contributed by atoms with E-state index in [-0.39, 0.29) is 18.4 Å². The summed E-state index contributed by atoms with van der Waals surface area (Å²) in [7, 11) is 0. The molecule has 34 heavy (non-hydrogen) atoms. The molecular formula is C26H34ClFN4O2. The fourth-order valence-corrected chi connectivity index (χ4v) is 4.96. The highest BCUT2D eigenvalue weighted by atomic mass is 35.5. The number of ether oxygens (including phenoxy) is 1. The SMILES string of the molecule is CCC(C)NC(=O)Cc1ccc(OCC[C@@H]2C[C@@H]2C2CCN(c3ncc(Cl)cn3)CC2)cc1F. The molecule has 8 heteroatoms. The van der Waals surface area contributed by atoms with Crippen LogP contribution in [0, 0.1) is 23.6 Å². The van der Waals surface area contributed by atoms with Gasteiger partial charge >= 0.3 is 0 Å². The van der Waals surface area contributed by atoms with Crippen LogP contribution in [0.5, 0.6) is 5.75 Å². The molecule has 1 amide bonds. The molecule has 1 aliphatic heterocycles. The first kappa shape index (κ1) is 24.7. The van der Waals surface area contributed by atoms with E-state index in [2.05, 4.69) is 20.2 Å². The molecule has 1 aliphatic carbocycles. The van der Waals surface area contributed by atoms with E-state index in [1.54, 1.807) is 24.5 Å². The van der Waals surface area contributed by atoms with Crippen molar-refractivity contribution < 1.29 is 13.9 Å². The third-order valence-corrected chi connectivity index (χ3v) is 7.36. The van der Waals surface area contributed by atoms with Crippen molar-refractivity contribution in [3.8, 4) is 5.75 Å². The number of hydrogen-bond donors (Lipinski definition) is 1. The molecule has 4 rings (SSSR count). The molecule has 2 aliphatic rings. The highest BCUT2D eigenvalue weighted by Crippen LogP contribution is 2.49. The summed E-state index contributed by atoms with van der Waals surface area (Å²) in [5, 5.41) is 3.43. The predicted molar refractivity (Wildman–Crippen MR) is 132 cm³/mol. The summed E-state index contributed by atoms with van der Waals surface area (Å²) in [6.07, 6.45) is 8.75. The van der Waals surface area contributed by atoms with Gasteiger partial charge in [-0.3, -0.25) is 4.79 Å². The second kappa shape index (κ2) is 11.3. The van der Waals surface area contributed by atoms with E-state index in [1.807, 2.05) is 13.8 Å². The normalized spacial score (nSPS) is 21.2. The van der Waals surface area contributed by atoms with E-state index in [1.165, 1.54) is 12.5 Å². The first-order chi connectivity index (χ1) is 16.4. The van der Waals surface area contributed by atoms with Crippen LogP contribution in [0.3, 0.4) is 0 Å². The molecule has 3 atom stereocenters. The van der Waals surface area contributed by atoms with E-state index in [4.69, 9.17) is 16.3 Å². The van der Waals surface area contributed by atoms with Gasteiger partial charge in [0.05, 0.1) is 30.4 Å². The lowest BCUT2D eigenvalue weighted by Gasteiger charge is -2.32. The molecule has 2 aromatic rings. The molecule has 1 saturated carbocycles. The van der Waals surface area contributed by atoms with Crippen molar-refractivity contribution in [1.29, 1.82) is 0 Å². The second-order valence-corrected chi connectivity index (χ2v) is 10.1. The Balaban J connectivity index is 1.16. The topological polar surface area (TPSA) is 67.3 Å². The molecule has 0 radical (unpaired) electrons. The zero-order valence-electron chi connectivity index (χ0n) is 20.0. The molecule has 1 aromatic heterocycles. The molecule has 1 saturated heterocycles. The van der Waals surface area contributed by atoms with Crippen molar-refractivity contribution in [3.63, 3.8) is 0 Å². The number of rotatable bonds is 10. The van der Waals surface area contributed by atoms with Gasteiger partial charge in [0.25, 0.3) is 0 Å². The molecule has 184 valence electrons. The van der Waals surface area contributed by atoms with Gasteiger partial charge < -0.3 is 15.0 Å². The lowest BCUT2D eigenvalue weighted by Crippen LogP contribution is -2.35. The maximum absolute atomic E-state index is 14.4. The number of carbonyl (C=O) groups excluding carboxylic acids is 1. The highest BCUT2D eigenvalue weighted by Gasteiger charge is 2.43. The minimum atomic E-state index is -0.391. The van der Waals surface area contributed by atoms with E-state index in [0.717, 1.165) is 56.6 Å². The molecule has 1 N–H and O–H groups in total.